The highest BCUT2D eigenvalue weighted by molar-refractivity contribution is 7.47. The zero-order valence-electron chi connectivity index (χ0n) is 58.6. The van der Waals surface area contributed by atoms with Crippen molar-refractivity contribution < 1.29 is 80.2 Å². The van der Waals surface area contributed by atoms with Crippen molar-refractivity contribution in [2.24, 2.45) is 17.8 Å². The number of rotatable bonds is 69. The molecule has 534 valence electrons. The number of phosphoric ester groups is 2. The largest absolute Gasteiger partial charge is 0.472 e. The highest BCUT2D eigenvalue weighted by atomic mass is 31.2. The molecule has 0 aliphatic heterocycles. The zero-order chi connectivity index (χ0) is 66.6. The molecular weight excluding hydrogens is 1190 g/mol. The van der Waals surface area contributed by atoms with E-state index in [2.05, 4.69) is 48.5 Å². The number of aliphatic hydroxyl groups excluding tert-OH is 1. The minimum Gasteiger partial charge on any atom is -0.462 e. The highest BCUT2D eigenvalue weighted by Gasteiger charge is 2.30. The first-order valence-electron chi connectivity index (χ1n) is 36.9. The molecule has 7 atom stereocenters. The molecule has 0 spiro atoms. The molecule has 0 saturated heterocycles. The fourth-order valence-corrected chi connectivity index (χ4v) is 12.2. The lowest BCUT2D eigenvalue weighted by atomic mass is 9.99. The van der Waals surface area contributed by atoms with Crippen molar-refractivity contribution in [2.45, 2.75) is 375 Å². The van der Waals surface area contributed by atoms with Gasteiger partial charge in [0.1, 0.15) is 19.3 Å². The van der Waals surface area contributed by atoms with E-state index in [9.17, 15) is 43.2 Å². The molecule has 90 heavy (non-hydrogen) atoms. The quantitative estimate of drug-likeness (QED) is 0.0222. The second kappa shape index (κ2) is 61.9. The molecule has 0 heterocycles. The number of ether oxygens (including phenoxy) is 4. The summed E-state index contributed by atoms with van der Waals surface area (Å²) >= 11 is 0. The second-order valence-electron chi connectivity index (χ2n) is 26.6. The summed E-state index contributed by atoms with van der Waals surface area (Å²) in [5.41, 5.74) is 0. The summed E-state index contributed by atoms with van der Waals surface area (Å²) in [6, 6.07) is 0. The summed E-state index contributed by atoms with van der Waals surface area (Å²) in [7, 11) is -9.90. The van der Waals surface area contributed by atoms with Gasteiger partial charge in [0.2, 0.25) is 0 Å². The lowest BCUT2D eigenvalue weighted by Gasteiger charge is -2.21. The maximum atomic E-state index is 13.0. The number of carbonyl (C=O) groups is 4. The maximum absolute atomic E-state index is 13.0. The fourth-order valence-electron chi connectivity index (χ4n) is 10.7. The van der Waals surface area contributed by atoms with Crippen LogP contribution in [0.1, 0.15) is 357 Å². The van der Waals surface area contributed by atoms with Crippen molar-refractivity contribution in [2.75, 3.05) is 39.6 Å². The molecule has 0 bridgehead atoms. The molecular formula is C71H138O17P2. The van der Waals surface area contributed by atoms with Gasteiger partial charge in [-0.1, -0.05) is 305 Å². The van der Waals surface area contributed by atoms with Crippen LogP contribution < -0.4 is 0 Å². The third-order valence-corrected chi connectivity index (χ3v) is 19.0. The Balaban J connectivity index is 5.15. The summed E-state index contributed by atoms with van der Waals surface area (Å²) in [5.74, 6) is 0.185. The zero-order valence-corrected chi connectivity index (χ0v) is 60.4. The smallest absolute Gasteiger partial charge is 0.462 e. The first kappa shape index (κ1) is 88.1. The van der Waals surface area contributed by atoms with Crippen LogP contribution in [0.3, 0.4) is 0 Å². The minimum atomic E-state index is -4.95. The lowest BCUT2D eigenvalue weighted by Crippen LogP contribution is -2.30. The molecule has 19 heteroatoms. The third-order valence-electron chi connectivity index (χ3n) is 17.1. The summed E-state index contributed by atoms with van der Waals surface area (Å²) in [5, 5.41) is 10.6. The second-order valence-corrected chi connectivity index (χ2v) is 29.5. The highest BCUT2D eigenvalue weighted by Crippen LogP contribution is 2.45. The molecule has 0 fully saturated rings. The third kappa shape index (κ3) is 62.2. The number of hydrogen-bond acceptors (Lipinski definition) is 15. The molecule has 0 aliphatic rings. The van der Waals surface area contributed by atoms with E-state index in [1.165, 1.54) is 154 Å². The SMILES string of the molecule is CCCCCCCCCC(=O)OC[C@H](COP(=O)(O)OC[C@H](O)COP(=O)(O)OC[C@@H](COC(=O)CCCCCCCCCCC(C)CC)OC(=O)CCCCCCCCCCCCCCCCCCCCC(C)C)OC(=O)CCCCCCCCC(C)CC. The molecule has 17 nitrogen and oxygen atoms in total. The van der Waals surface area contributed by atoms with Gasteiger partial charge in [-0.25, -0.2) is 9.13 Å². The summed E-state index contributed by atoms with van der Waals surface area (Å²) in [4.78, 5) is 72.4. The van der Waals surface area contributed by atoms with E-state index in [4.69, 9.17) is 37.0 Å². The van der Waals surface area contributed by atoms with Crippen molar-refractivity contribution in [3.05, 3.63) is 0 Å². The number of aliphatic hydroxyl groups is 1. The Labute approximate surface area is 549 Å². The van der Waals surface area contributed by atoms with Crippen molar-refractivity contribution in [3.63, 3.8) is 0 Å². The van der Waals surface area contributed by atoms with E-state index < -0.39 is 97.5 Å². The maximum Gasteiger partial charge on any atom is 0.472 e. The van der Waals surface area contributed by atoms with Crippen LogP contribution in [0.5, 0.6) is 0 Å². The molecule has 0 rings (SSSR count). The van der Waals surface area contributed by atoms with Crippen LogP contribution in [0.15, 0.2) is 0 Å². The Bertz CT molecular complexity index is 1770. The van der Waals surface area contributed by atoms with E-state index in [1.54, 1.807) is 0 Å². The first-order valence-corrected chi connectivity index (χ1v) is 39.9. The Morgan fingerprint density at radius 1 is 0.322 bits per heavy atom. The van der Waals surface area contributed by atoms with Crippen LogP contribution in [-0.4, -0.2) is 96.7 Å². The Morgan fingerprint density at radius 3 is 0.844 bits per heavy atom. The molecule has 0 radical (unpaired) electrons. The van der Waals surface area contributed by atoms with Gasteiger partial charge in [0.05, 0.1) is 26.4 Å². The monoisotopic (exact) mass is 1320 g/mol. The summed E-state index contributed by atoms with van der Waals surface area (Å²) < 4.78 is 68.2. The molecule has 0 aliphatic carbocycles. The molecule has 3 N–H and O–H groups in total. The van der Waals surface area contributed by atoms with Gasteiger partial charge in [0.15, 0.2) is 12.2 Å². The van der Waals surface area contributed by atoms with E-state index in [1.807, 2.05) is 0 Å². The van der Waals surface area contributed by atoms with Crippen molar-refractivity contribution >= 4 is 39.5 Å². The van der Waals surface area contributed by atoms with Gasteiger partial charge in [-0.15, -0.1) is 0 Å². The molecule has 0 aromatic heterocycles. The van der Waals surface area contributed by atoms with Gasteiger partial charge in [-0.05, 0) is 43.4 Å². The Hall–Kier alpha value is -1.94. The summed E-state index contributed by atoms with van der Waals surface area (Å²) in [6.07, 6.45) is 46.1. The van der Waals surface area contributed by atoms with Crippen molar-refractivity contribution in [1.29, 1.82) is 0 Å². The molecule has 0 saturated carbocycles. The minimum absolute atomic E-state index is 0.102. The molecule has 0 aromatic rings. The van der Waals surface area contributed by atoms with Crippen LogP contribution in [-0.2, 0) is 65.4 Å². The Morgan fingerprint density at radius 2 is 0.567 bits per heavy atom. The normalized spacial score (nSPS) is 14.8. The van der Waals surface area contributed by atoms with Gasteiger partial charge < -0.3 is 33.8 Å². The van der Waals surface area contributed by atoms with Crippen LogP contribution in [0.25, 0.3) is 0 Å². The Kier molecular flexibility index (Phi) is 60.6. The van der Waals surface area contributed by atoms with Gasteiger partial charge in [0.25, 0.3) is 0 Å². The average molecular weight is 1330 g/mol. The fraction of sp³-hybridized carbons (Fsp3) is 0.944. The van der Waals surface area contributed by atoms with Crippen molar-refractivity contribution in [1.82, 2.24) is 0 Å². The molecule has 0 aromatic carbocycles. The van der Waals surface area contributed by atoms with Crippen LogP contribution in [0, 0.1) is 17.8 Å². The van der Waals surface area contributed by atoms with Crippen LogP contribution in [0.4, 0.5) is 0 Å². The van der Waals surface area contributed by atoms with Crippen molar-refractivity contribution in [3.8, 4) is 0 Å². The number of carbonyl (C=O) groups excluding carboxylic acids is 4. The predicted molar refractivity (Wildman–Crippen MR) is 363 cm³/mol. The average Bonchev–Trinajstić information content (AvgIpc) is 3.73. The van der Waals surface area contributed by atoms with Gasteiger partial charge in [0, 0.05) is 25.7 Å². The number of phosphoric acid groups is 2. The van der Waals surface area contributed by atoms with E-state index in [0.29, 0.717) is 25.7 Å². The standard InChI is InChI=1S/C71H138O17P2/c1-8-11-12-13-28-38-45-52-68(73)81-58-67(88-71(76)55-48-41-34-33-37-44-51-64(7)10-3)61-86-90(79,80)84-57-65(72)56-83-89(77,78)85-60-66(59-82-69(74)53-46-39-31-27-26-30-36-43-50-63(6)9-2)87-70(75)54-47-40-32-25-23-21-19-17-15-14-16-18-20-22-24-29-35-42-49-62(4)5/h62-67,72H,8-61H2,1-7H3,(H,77,78)(H,79,80)/t63?,64?,65-,66-,67-/m1/s1. The van der Waals surface area contributed by atoms with E-state index in [-0.39, 0.29) is 25.7 Å². The van der Waals surface area contributed by atoms with Crippen LogP contribution >= 0.6 is 15.6 Å². The molecule has 0 amide bonds. The summed E-state index contributed by atoms with van der Waals surface area (Å²) in [6.45, 7) is 11.8. The molecule has 4 unspecified atom stereocenters. The van der Waals surface area contributed by atoms with Gasteiger partial charge in [-0.2, -0.15) is 0 Å². The number of esters is 4. The topological polar surface area (TPSA) is 237 Å². The first-order chi connectivity index (χ1) is 43.3. The number of unbranched alkanes of at least 4 members (excludes halogenated alkanes) is 35. The van der Waals surface area contributed by atoms with E-state index >= 15 is 0 Å². The van der Waals surface area contributed by atoms with Gasteiger partial charge in [-0.3, -0.25) is 37.3 Å². The van der Waals surface area contributed by atoms with E-state index in [0.717, 1.165) is 120 Å². The predicted octanol–water partition coefficient (Wildman–Crippen LogP) is 20.2. The van der Waals surface area contributed by atoms with Crippen LogP contribution in [0.2, 0.25) is 0 Å². The van der Waals surface area contributed by atoms with Gasteiger partial charge >= 0.3 is 39.5 Å². The number of hydrogen-bond donors (Lipinski definition) is 3. The lowest BCUT2D eigenvalue weighted by molar-refractivity contribution is -0.161.